The van der Waals surface area contributed by atoms with E-state index in [9.17, 15) is 4.79 Å². The van der Waals surface area contributed by atoms with E-state index in [1.54, 1.807) is 12.3 Å². The van der Waals surface area contributed by atoms with Crippen LogP contribution in [-0.2, 0) is 0 Å². The average Bonchev–Trinajstić information content (AvgIpc) is 2.38. The van der Waals surface area contributed by atoms with Gasteiger partial charge in [-0.15, -0.1) is 0 Å². The van der Waals surface area contributed by atoms with Gasteiger partial charge in [0.05, 0.1) is 0 Å². The van der Waals surface area contributed by atoms with E-state index >= 15 is 0 Å². The predicted molar refractivity (Wildman–Crippen MR) is 82.3 cm³/mol. The van der Waals surface area contributed by atoms with Crippen molar-refractivity contribution in [3.05, 3.63) is 53.3 Å². The van der Waals surface area contributed by atoms with Gasteiger partial charge in [-0.05, 0) is 56.2 Å². The number of carbonyl (C=O) groups is 1. The van der Waals surface area contributed by atoms with Crippen LogP contribution in [0.1, 0.15) is 28.5 Å². The predicted octanol–water partition coefficient (Wildman–Crippen LogP) is 3.38. The largest absolute Gasteiger partial charge is 0.385 e. The highest BCUT2D eigenvalue weighted by atomic mass is 16.1. The van der Waals surface area contributed by atoms with Crippen molar-refractivity contribution in [3.8, 4) is 0 Å². The number of nitrogens with zero attached hydrogens (tertiary/aromatic N) is 1. The number of pyridine rings is 1. The van der Waals surface area contributed by atoms with Crippen molar-refractivity contribution >= 4 is 17.3 Å². The van der Waals surface area contributed by atoms with Gasteiger partial charge in [0.2, 0.25) is 0 Å². The molecule has 0 bridgehead atoms. The third kappa shape index (κ3) is 3.57. The fourth-order valence-corrected chi connectivity index (χ4v) is 2.11. The van der Waals surface area contributed by atoms with E-state index in [4.69, 9.17) is 0 Å². The molecule has 1 amide bonds. The van der Waals surface area contributed by atoms with E-state index in [1.165, 1.54) is 0 Å². The van der Waals surface area contributed by atoms with Crippen molar-refractivity contribution in [1.82, 2.24) is 4.98 Å². The molecule has 0 unspecified atom stereocenters. The Kier molecular flexibility index (Phi) is 4.35. The second-order valence-electron chi connectivity index (χ2n) is 4.79. The molecule has 0 saturated carbocycles. The van der Waals surface area contributed by atoms with E-state index in [0.29, 0.717) is 5.69 Å². The molecule has 0 radical (unpaired) electrons. The van der Waals surface area contributed by atoms with Gasteiger partial charge >= 0.3 is 0 Å². The first-order chi connectivity index (χ1) is 9.58. The minimum absolute atomic E-state index is 0.199. The summed E-state index contributed by atoms with van der Waals surface area (Å²) in [6.45, 7) is 6.83. The van der Waals surface area contributed by atoms with Gasteiger partial charge in [0.25, 0.3) is 5.91 Å². The van der Waals surface area contributed by atoms with Gasteiger partial charge < -0.3 is 10.6 Å². The van der Waals surface area contributed by atoms with Crippen LogP contribution in [0, 0.1) is 13.8 Å². The first kappa shape index (κ1) is 14.1. The highest BCUT2D eigenvalue weighted by Crippen LogP contribution is 2.15. The molecule has 4 nitrogen and oxygen atoms in total. The highest BCUT2D eigenvalue weighted by molar-refractivity contribution is 6.03. The van der Waals surface area contributed by atoms with Crippen LogP contribution < -0.4 is 10.6 Å². The molecule has 104 valence electrons. The van der Waals surface area contributed by atoms with Gasteiger partial charge in [0.1, 0.15) is 5.69 Å². The molecule has 0 atom stereocenters. The Morgan fingerprint density at radius 3 is 2.45 bits per heavy atom. The Morgan fingerprint density at radius 1 is 1.10 bits per heavy atom. The number of anilines is 2. The molecule has 0 aliphatic rings. The lowest BCUT2D eigenvalue weighted by Gasteiger charge is -2.08. The normalized spacial score (nSPS) is 10.2. The fraction of sp³-hybridized carbons (Fsp3) is 0.250. The number of aryl methyl sites for hydroxylation is 2. The maximum atomic E-state index is 12.2. The second-order valence-corrected chi connectivity index (χ2v) is 4.79. The summed E-state index contributed by atoms with van der Waals surface area (Å²) >= 11 is 0. The van der Waals surface area contributed by atoms with Crippen LogP contribution in [0.2, 0.25) is 0 Å². The first-order valence-electron chi connectivity index (χ1n) is 6.68. The van der Waals surface area contributed by atoms with Crippen molar-refractivity contribution in [1.29, 1.82) is 0 Å². The van der Waals surface area contributed by atoms with Crippen LogP contribution in [0.25, 0.3) is 0 Å². The highest BCUT2D eigenvalue weighted by Gasteiger charge is 2.08. The van der Waals surface area contributed by atoms with Gasteiger partial charge in [0, 0.05) is 24.1 Å². The summed E-state index contributed by atoms with van der Waals surface area (Å²) < 4.78 is 0. The minimum atomic E-state index is -0.199. The van der Waals surface area contributed by atoms with Gasteiger partial charge in [0.15, 0.2) is 0 Å². The molecule has 0 saturated heterocycles. The fourth-order valence-electron chi connectivity index (χ4n) is 2.11. The summed E-state index contributed by atoms with van der Waals surface area (Å²) in [4.78, 5) is 16.3. The van der Waals surface area contributed by atoms with Crippen LogP contribution in [0.4, 0.5) is 11.4 Å². The quantitative estimate of drug-likeness (QED) is 0.894. The lowest BCUT2D eigenvalue weighted by molar-refractivity contribution is 0.102. The van der Waals surface area contributed by atoms with Gasteiger partial charge in [-0.3, -0.25) is 9.78 Å². The Labute approximate surface area is 119 Å². The summed E-state index contributed by atoms with van der Waals surface area (Å²) in [5.41, 5.74) is 4.34. The van der Waals surface area contributed by atoms with Crippen molar-refractivity contribution in [2.75, 3.05) is 17.2 Å². The Balaban J connectivity index is 2.17. The van der Waals surface area contributed by atoms with Crippen LogP contribution in [0.15, 0.2) is 36.5 Å². The second kappa shape index (κ2) is 6.19. The minimum Gasteiger partial charge on any atom is -0.385 e. The SMILES string of the molecule is CCNc1ccnc(C(=O)Nc2cc(C)cc(C)c2)c1. The van der Waals surface area contributed by atoms with E-state index in [1.807, 2.05) is 39.0 Å². The molecule has 0 spiro atoms. The molecule has 0 aliphatic carbocycles. The molecule has 0 fully saturated rings. The number of amides is 1. The standard InChI is InChI=1S/C16H19N3O/c1-4-17-13-5-6-18-15(10-13)16(20)19-14-8-11(2)7-12(3)9-14/h5-10H,4H2,1-3H3,(H,17,18)(H,19,20). The molecule has 2 rings (SSSR count). The van der Waals surface area contributed by atoms with Crippen molar-refractivity contribution in [2.24, 2.45) is 0 Å². The third-order valence-electron chi connectivity index (χ3n) is 2.85. The Bertz CT molecular complexity index is 603. The number of aromatic nitrogens is 1. The molecule has 2 aromatic rings. The zero-order valence-electron chi connectivity index (χ0n) is 12.0. The molecular weight excluding hydrogens is 250 g/mol. The molecule has 4 heteroatoms. The number of hydrogen-bond acceptors (Lipinski definition) is 3. The maximum Gasteiger partial charge on any atom is 0.274 e. The number of nitrogens with one attached hydrogen (secondary N) is 2. The van der Waals surface area contributed by atoms with Crippen molar-refractivity contribution < 1.29 is 4.79 Å². The topological polar surface area (TPSA) is 54.0 Å². The monoisotopic (exact) mass is 269 g/mol. The molecule has 0 aliphatic heterocycles. The zero-order valence-corrected chi connectivity index (χ0v) is 12.0. The van der Waals surface area contributed by atoms with E-state index in [2.05, 4.69) is 21.7 Å². The number of benzene rings is 1. The van der Waals surface area contributed by atoms with Gasteiger partial charge in [-0.1, -0.05) is 6.07 Å². The summed E-state index contributed by atoms with van der Waals surface area (Å²) in [6.07, 6.45) is 1.63. The Hall–Kier alpha value is -2.36. The summed E-state index contributed by atoms with van der Waals surface area (Å²) in [5, 5.41) is 6.04. The zero-order chi connectivity index (χ0) is 14.5. The van der Waals surface area contributed by atoms with E-state index < -0.39 is 0 Å². The molecule has 20 heavy (non-hydrogen) atoms. The van der Waals surface area contributed by atoms with Gasteiger partial charge in [-0.25, -0.2) is 0 Å². The average molecular weight is 269 g/mol. The van der Waals surface area contributed by atoms with Crippen LogP contribution in [0.5, 0.6) is 0 Å². The summed E-state index contributed by atoms with van der Waals surface area (Å²) in [7, 11) is 0. The summed E-state index contributed by atoms with van der Waals surface area (Å²) in [6, 6.07) is 9.55. The first-order valence-corrected chi connectivity index (χ1v) is 6.68. The smallest absolute Gasteiger partial charge is 0.274 e. The van der Waals surface area contributed by atoms with Crippen LogP contribution in [-0.4, -0.2) is 17.4 Å². The number of rotatable bonds is 4. The molecule has 2 N–H and O–H groups in total. The van der Waals surface area contributed by atoms with Crippen LogP contribution >= 0.6 is 0 Å². The number of carbonyl (C=O) groups excluding carboxylic acids is 1. The Morgan fingerprint density at radius 2 is 1.80 bits per heavy atom. The van der Waals surface area contributed by atoms with E-state index in [-0.39, 0.29) is 5.91 Å². The molecular formula is C16H19N3O. The molecule has 1 heterocycles. The summed E-state index contributed by atoms with van der Waals surface area (Å²) in [5.74, 6) is -0.199. The van der Waals surface area contributed by atoms with Crippen LogP contribution in [0.3, 0.4) is 0 Å². The third-order valence-corrected chi connectivity index (χ3v) is 2.85. The lowest BCUT2D eigenvalue weighted by atomic mass is 10.1. The maximum absolute atomic E-state index is 12.2. The lowest BCUT2D eigenvalue weighted by Crippen LogP contribution is -2.14. The molecule has 1 aromatic carbocycles. The number of hydrogen-bond donors (Lipinski definition) is 2. The van der Waals surface area contributed by atoms with Gasteiger partial charge in [-0.2, -0.15) is 0 Å². The molecule has 1 aromatic heterocycles. The van der Waals surface area contributed by atoms with Crippen molar-refractivity contribution in [2.45, 2.75) is 20.8 Å². The van der Waals surface area contributed by atoms with E-state index in [0.717, 1.165) is 29.0 Å². The van der Waals surface area contributed by atoms with Crippen molar-refractivity contribution in [3.63, 3.8) is 0 Å².